The normalized spacial score (nSPS) is 16.4. The number of amides is 1. The fourth-order valence-corrected chi connectivity index (χ4v) is 5.05. The van der Waals surface area contributed by atoms with Gasteiger partial charge in [0.2, 0.25) is 5.91 Å². The van der Waals surface area contributed by atoms with Crippen LogP contribution in [-0.2, 0) is 21.1 Å². The number of hydrogen-bond donors (Lipinski definition) is 1. The molecular weight excluding hydrogens is 462 g/mol. The van der Waals surface area contributed by atoms with Crippen molar-refractivity contribution in [3.8, 4) is 0 Å². The Kier molecular flexibility index (Phi) is 8.78. The summed E-state index contributed by atoms with van der Waals surface area (Å²) in [5.74, 6) is -1.88. The van der Waals surface area contributed by atoms with Gasteiger partial charge in [0.25, 0.3) is 0 Å². The highest BCUT2D eigenvalue weighted by Crippen LogP contribution is 2.22. The number of carbonyl (C=O) groups is 1. The molecule has 0 aromatic heterocycles. The molecule has 34 heavy (non-hydrogen) atoms. The van der Waals surface area contributed by atoms with Crippen LogP contribution in [0.3, 0.4) is 0 Å². The number of piperidine rings is 1. The Morgan fingerprint density at radius 3 is 2.32 bits per heavy atom. The van der Waals surface area contributed by atoms with Crippen LogP contribution < -0.4 is 0 Å². The first kappa shape index (κ1) is 26.2. The van der Waals surface area contributed by atoms with Crippen molar-refractivity contribution in [2.75, 3.05) is 32.4 Å². The molecule has 3 rings (SSSR count). The molecule has 1 heterocycles. The summed E-state index contributed by atoms with van der Waals surface area (Å²) in [4.78, 5) is 17.3. The molecule has 2 aromatic carbocycles. The summed E-state index contributed by atoms with van der Waals surface area (Å²) in [6, 6.07) is 10.0. The number of sulfone groups is 1. The van der Waals surface area contributed by atoms with E-state index in [4.69, 9.17) is 0 Å². The van der Waals surface area contributed by atoms with Crippen molar-refractivity contribution < 1.29 is 27.1 Å². The average molecular weight is 495 g/mol. The Morgan fingerprint density at radius 1 is 1.12 bits per heavy atom. The summed E-state index contributed by atoms with van der Waals surface area (Å²) in [6.07, 6.45) is 2.55. The molecule has 9 heteroatoms. The lowest BCUT2D eigenvalue weighted by molar-refractivity contribution is -0.133. The topological polar surface area (TPSA) is 77.9 Å². The molecule has 1 atom stereocenters. The first-order valence-electron chi connectivity index (χ1n) is 11.5. The van der Waals surface area contributed by atoms with Gasteiger partial charge in [-0.3, -0.25) is 4.79 Å². The van der Waals surface area contributed by atoms with Gasteiger partial charge >= 0.3 is 0 Å². The predicted octanol–water partition coefficient (Wildman–Crippen LogP) is 3.35. The van der Waals surface area contributed by atoms with E-state index in [9.17, 15) is 27.1 Å². The number of benzene rings is 2. The van der Waals surface area contributed by atoms with Crippen LogP contribution in [0.25, 0.3) is 0 Å². The number of nitrogens with zero attached hydrogens (tertiary/aromatic N) is 2. The van der Waals surface area contributed by atoms with Crippen LogP contribution in [0.1, 0.15) is 43.4 Å². The van der Waals surface area contributed by atoms with Crippen LogP contribution >= 0.6 is 0 Å². The number of halogens is 2. The zero-order valence-corrected chi connectivity index (χ0v) is 20.4. The first-order chi connectivity index (χ1) is 16.1. The van der Waals surface area contributed by atoms with E-state index in [0.717, 1.165) is 49.9 Å². The zero-order chi connectivity index (χ0) is 24.9. The standard InChI is InChI=1S/C25H32F2N2O4S/c1-3-29(25(31)16-18-4-7-21(8-5-18)34(2,32)33)20-10-13-28(14-11-20)15-12-24(30)19-6-9-22(26)23(27)17-19/h4-9,17,20,24,30H,3,10-16H2,1-2H3. The first-order valence-corrected chi connectivity index (χ1v) is 13.4. The molecule has 2 aromatic rings. The minimum absolute atomic E-state index is 0.0156. The fraction of sp³-hybridized carbons (Fsp3) is 0.480. The van der Waals surface area contributed by atoms with Gasteiger partial charge < -0.3 is 14.9 Å². The summed E-state index contributed by atoms with van der Waals surface area (Å²) in [6.45, 7) is 4.73. The molecule has 1 aliphatic rings. The lowest BCUT2D eigenvalue weighted by Crippen LogP contribution is -2.48. The summed E-state index contributed by atoms with van der Waals surface area (Å²) in [5, 5.41) is 10.3. The average Bonchev–Trinajstić information content (AvgIpc) is 2.80. The second kappa shape index (κ2) is 11.4. The van der Waals surface area contributed by atoms with E-state index in [1.165, 1.54) is 18.2 Å². The summed E-state index contributed by atoms with van der Waals surface area (Å²) in [5.41, 5.74) is 1.14. The Bertz CT molecular complexity index is 1080. The molecule has 186 valence electrons. The third kappa shape index (κ3) is 6.84. The number of carbonyl (C=O) groups excluding carboxylic acids is 1. The molecule has 0 radical (unpaired) electrons. The minimum Gasteiger partial charge on any atom is -0.388 e. The summed E-state index contributed by atoms with van der Waals surface area (Å²) < 4.78 is 49.7. The van der Waals surface area contributed by atoms with E-state index in [1.54, 1.807) is 12.1 Å². The molecule has 0 aliphatic carbocycles. The van der Waals surface area contributed by atoms with Gasteiger partial charge in [0, 0.05) is 38.5 Å². The largest absolute Gasteiger partial charge is 0.388 e. The lowest BCUT2D eigenvalue weighted by atomic mass is 10.0. The predicted molar refractivity (Wildman–Crippen MR) is 126 cm³/mol. The SMILES string of the molecule is CCN(C(=O)Cc1ccc(S(C)(=O)=O)cc1)C1CCN(CCC(O)c2ccc(F)c(F)c2)CC1. The second-order valence-corrected chi connectivity index (χ2v) is 10.8. The Hall–Kier alpha value is -2.36. The van der Waals surface area contributed by atoms with Gasteiger partial charge in [-0.25, -0.2) is 17.2 Å². The molecule has 0 bridgehead atoms. The third-order valence-electron chi connectivity index (χ3n) is 6.41. The molecular formula is C25H32F2N2O4S. The molecule has 0 spiro atoms. The monoisotopic (exact) mass is 494 g/mol. The maximum Gasteiger partial charge on any atom is 0.227 e. The number of rotatable bonds is 9. The van der Waals surface area contributed by atoms with Crippen molar-refractivity contribution in [2.24, 2.45) is 0 Å². The molecule has 0 saturated carbocycles. The van der Waals surface area contributed by atoms with Crippen LogP contribution in [0, 0.1) is 11.6 Å². The van der Waals surface area contributed by atoms with Crippen LogP contribution in [0.15, 0.2) is 47.4 Å². The maximum absolute atomic E-state index is 13.4. The Balaban J connectivity index is 1.48. The van der Waals surface area contributed by atoms with E-state index in [1.807, 2.05) is 11.8 Å². The van der Waals surface area contributed by atoms with Crippen LogP contribution in [0.5, 0.6) is 0 Å². The van der Waals surface area contributed by atoms with Gasteiger partial charge in [0.1, 0.15) is 0 Å². The minimum atomic E-state index is -3.27. The molecule has 1 amide bonds. The van der Waals surface area contributed by atoms with Crippen LogP contribution in [0.4, 0.5) is 8.78 Å². The quantitative estimate of drug-likeness (QED) is 0.579. The highest BCUT2D eigenvalue weighted by Gasteiger charge is 2.27. The fourth-order valence-electron chi connectivity index (χ4n) is 4.41. The van der Waals surface area contributed by atoms with E-state index in [2.05, 4.69) is 4.90 Å². The number of likely N-dealkylation sites (N-methyl/N-ethyl adjacent to an activating group) is 1. The van der Waals surface area contributed by atoms with Gasteiger partial charge in [-0.05, 0) is 61.6 Å². The van der Waals surface area contributed by atoms with Crippen molar-refractivity contribution >= 4 is 15.7 Å². The van der Waals surface area contributed by atoms with Crippen molar-refractivity contribution in [1.29, 1.82) is 0 Å². The highest BCUT2D eigenvalue weighted by molar-refractivity contribution is 7.90. The van der Waals surface area contributed by atoms with E-state index < -0.39 is 27.6 Å². The van der Waals surface area contributed by atoms with Crippen molar-refractivity contribution in [1.82, 2.24) is 9.80 Å². The summed E-state index contributed by atoms with van der Waals surface area (Å²) >= 11 is 0. The van der Waals surface area contributed by atoms with Gasteiger partial charge in [-0.1, -0.05) is 18.2 Å². The third-order valence-corrected chi connectivity index (χ3v) is 7.54. The van der Waals surface area contributed by atoms with Crippen molar-refractivity contribution in [2.45, 2.75) is 49.6 Å². The molecule has 1 fully saturated rings. The smallest absolute Gasteiger partial charge is 0.227 e. The van der Waals surface area contributed by atoms with Crippen LogP contribution in [-0.4, -0.2) is 67.7 Å². The zero-order valence-electron chi connectivity index (χ0n) is 19.6. The molecule has 1 N–H and O–H groups in total. The molecule has 1 aliphatic heterocycles. The van der Waals surface area contributed by atoms with Crippen molar-refractivity contribution in [3.63, 3.8) is 0 Å². The summed E-state index contributed by atoms with van der Waals surface area (Å²) in [7, 11) is -3.27. The number of hydrogen-bond acceptors (Lipinski definition) is 5. The molecule has 6 nitrogen and oxygen atoms in total. The highest BCUT2D eigenvalue weighted by atomic mass is 32.2. The maximum atomic E-state index is 13.4. The number of aliphatic hydroxyl groups excluding tert-OH is 1. The van der Waals surface area contributed by atoms with E-state index in [-0.39, 0.29) is 23.3 Å². The molecule has 1 unspecified atom stereocenters. The van der Waals surface area contributed by atoms with Gasteiger partial charge in [0.15, 0.2) is 21.5 Å². The Morgan fingerprint density at radius 2 is 1.76 bits per heavy atom. The van der Waals surface area contributed by atoms with E-state index in [0.29, 0.717) is 25.1 Å². The van der Waals surface area contributed by atoms with E-state index >= 15 is 0 Å². The lowest BCUT2D eigenvalue weighted by Gasteiger charge is -2.38. The van der Waals surface area contributed by atoms with Gasteiger partial charge in [0.05, 0.1) is 17.4 Å². The second-order valence-electron chi connectivity index (χ2n) is 8.82. The Labute approximate surface area is 200 Å². The van der Waals surface area contributed by atoms with Crippen LogP contribution in [0.2, 0.25) is 0 Å². The van der Waals surface area contributed by atoms with Gasteiger partial charge in [-0.15, -0.1) is 0 Å². The number of likely N-dealkylation sites (tertiary alicyclic amines) is 1. The van der Waals surface area contributed by atoms with Crippen molar-refractivity contribution in [3.05, 3.63) is 65.2 Å². The molecule has 1 saturated heterocycles. The number of aliphatic hydroxyl groups is 1. The van der Waals surface area contributed by atoms with Gasteiger partial charge in [-0.2, -0.15) is 0 Å².